The van der Waals surface area contributed by atoms with E-state index in [1.54, 1.807) is 6.07 Å². The summed E-state index contributed by atoms with van der Waals surface area (Å²) in [4.78, 5) is 12.4. The summed E-state index contributed by atoms with van der Waals surface area (Å²) in [6.45, 7) is 6.30. The molecule has 2 aromatic carbocycles. The molecule has 0 heterocycles. The molecule has 2 aromatic rings. The van der Waals surface area contributed by atoms with Crippen LogP contribution < -0.4 is 0 Å². The Hall–Kier alpha value is -2.03. The number of phenolic OH excluding ortho intramolecular Hbond substituents is 1. The van der Waals surface area contributed by atoms with Crippen LogP contribution in [0.15, 0.2) is 36.4 Å². The van der Waals surface area contributed by atoms with Crippen LogP contribution in [0, 0.1) is 5.41 Å². The molecular weight excluding hydrogens is 276 g/mol. The summed E-state index contributed by atoms with van der Waals surface area (Å²) in [5.41, 5.74) is 0.498. The maximum atomic E-state index is 12.4. The minimum atomic E-state index is -0.415. The highest BCUT2D eigenvalue weighted by Gasteiger charge is 2.31. The first-order valence-corrected chi connectivity index (χ1v) is 7.88. The molecule has 1 N–H and O–H groups in total. The second-order valence-electron chi connectivity index (χ2n) is 6.03. The van der Waals surface area contributed by atoms with E-state index in [0.717, 1.165) is 35.6 Å². The van der Waals surface area contributed by atoms with Gasteiger partial charge in [0.25, 0.3) is 0 Å². The number of hydrogen-bond acceptors (Lipinski definition) is 3. The predicted molar refractivity (Wildman–Crippen MR) is 88.7 cm³/mol. The second-order valence-corrected chi connectivity index (χ2v) is 6.03. The Labute approximate surface area is 131 Å². The molecule has 0 saturated heterocycles. The van der Waals surface area contributed by atoms with Crippen LogP contribution in [-0.4, -0.2) is 11.1 Å². The van der Waals surface area contributed by atoms with Gasteiger partial charge in [-0.2, -0.15) is 0 Å². The SMILES string of the molecule is CCCC(C)(CC)C(=O)OCc1ccc(O)c2ccccc12. The third kappa shape index (κ3) is 3.24. The smallest absolute Gasteiger partial charge is 0.312 e. The molecule has 1 atom stereocenters. The number of aromatic hydroxyl groups is 1. The molecule has 2 rings (SSSR count). The zero-order valence-electron chi connectivity index (χ0n) is 13.6. The van der Waals surface area contributed by atoms with Gasteiger partial charge in [0, 0.05) is 5.39 Å². The first-order valence-electron chi connectivity index (χ1n) is 7.88. The first-order chi connectivity index (χ1) is 10.5. The Morgan fingerprint density at radius 3 is 2.45 bits per heavy atom. The number of rotatable bonds is 6. The third-order valence-electron chi connectivity index (χ3n) is 4.43. The van der Waals surface area contributed by atoms with E-state index in [9.17, 15) is 9.90 Å². The summed E-state index contributed by atoms with van der Waals surface area (Å²) in [6, 6.07) is 11.1. The van der Waals surface area contributed by atoms with E-state index in [1.165, 1.54) is 0 Å². The molecule has 118 valence electrons. The molecule has 1 unspecified atom stereocenters. The topological polar surface area (TPSA) is 46.5 Å². The lowest BCUT2D eigenvalue weighted by atomic mass is 9.83. The molecule has 0 aromatic heterocycles. The van der Waals surface area contributed by atoms with Gasteiger partial charge in [0.2, 0.25) is 0 Å². The van der Waals surface area contributed by atoms with Crippen molar-refractivity contribution in [3.8, 4) is 5.75 Å². The third-order valence-corrected chi connectivity index (χ3v) is 4.43. The highest BCUT2D eigenvalue weighted by molar-refractivity contribution is 5.90. The number of ether oxygens (including phenoxy) is 1. The number of benzene rings is 2. The Morgan fingerprint density at radius 2 is 1.82 bits per heavy atom. The van der Waals surface area contributed by atoms with Crippen molar-refractivity contribution in [2.24, 2.45) is 5.41 Å². The summed E-state index contributed by atoms with van der Waals surface area (Å²) >= 11 is 0. The number of carbonyl (C=O) groups excluding carboxylic acids is 1. The van der Waals surface area contributed by atoms with Crippen molar-refractivity contribution in [1.82, 2.24) is 0 Å². The molecule has 3 nitrogen and oxygen atoms in total. The van der Waals surface area contributed by atoms with Gasteiger partial charge in [-0.05, 0) is 36.8 Å². The van der Waals surface area contributed by atoms with Crippen LogP contribution in [0.3, 0.4) is 0 Å². The Balaban J connectivity index is 2.19. The van der Waals surface area contributed by atoms with Gasteiger partial charge in [-0.3, -0.25) is 4.79 Å². The number of phenols is 1. The maximum absolute atomic E-state index is 12.4. The van der Waals surface area contributed by atoms with Gasteiger partial charge in [-0.1, -0.05) is 50.6 Å². The summed E-state index contributed by atoms with van der Waals surface area (Å²) in [5.74, 6) is 0.101. The summed E-state index contributed by atoms with van der Waals surface area (Å²) in [7, 11) is 0. The summed E-state index contributed by atoms with van der Waals surface area (Å²) < 4.78 is 5.56. The molecule has 0 aliphatic carbocycles. The second kappa shape index (κ2) is 6.82. The minimum Gasteiger partial charge on any atom is -0.507 e. The van der Waals surface area contributed by atoms with Crippen LogP contribution in [0.4, 0.5) is 0 Å². The monoisotopic (exact) mass is 300 g/mol. The molecule has 0 bridgehead atoms. The quantitative estimate of drug-likeness (QED) is 0.779. The average molecular weight is 300 g/mol. The van der Waals surface area contributed by atoms with E-state index >= 15 is 0 Å². The molecule has 22 heavy (non-hydrogen) atoms. The minimum absolute atomic E-state index is 0.144. The highest BCUT2D eigenvalue weighted by Crippen LogP contribution is 2.31. The van der Waals surface area contributed by atoms with Crippen molar-refractivity contribution in [2.45, 2.75) is 46.6 Å². The van der Waals surface area contributed by atoms with E-state index in [-0.39, 0.29) is 18.3 Å². The lowest BCUT2D eigenvalue weighted by molar-refractivity contribution is -0.157. The summed E-state index contributed by atoms with van der Waals surface area (Å²) in [6.07, 6.45) is 2.57. The first kappa shape index (κ1) is 16.3. The largest absolute Gasteiger partial charge is 0.507 e. The van der Waals surface area contributed by atoms with Crippen LogP contribution in [0.25, 0.3) is 10.8 Å². The standard InChI is InChI=1S/C19H24O3/c1-4-12-19(3,5-2)18(21)22-13-14-10-11-17(20)16-9-7-6-8-15(14)16/h6-11,20H,4-5,12-13H2,1-3H3. The van der Waals surface area contributed by atoms with Crippen LogP contribution in [0.1, 0.15) is 45.6 Å². The molecule has 0 saturated carbocycles. The number of carbonyl (C=O) groups is 1. The fourth-order valence-electron chi connectivity index (χ4n) is 2.76. The maximum Gasteiger partial charge on any atom is 0.312 e. The Morgan fingerprint density at radius 1 is 1.14 bits per heavy atom. The fourth-order valence-corrected chi connectivity index (χ4v) is 2.76. The molecule has 0 aliphatic heterocycles. The molecule has 3 heteroatoms. The van der Waals surface area contributed by atoms with Gasteiger partial charge < -0.3 is 9.84 Å². The molecule has 0 fully saturated rings. The van der Waals surface area contributed by atoms with Crippen molar-refractivity contribution in [3.05, 3.63) is 42.0 Å². The predicted octanol–water partition coefficient (Wildman–Crippen LogP) is 4.81. The zero-order chi connectivity index (χ0) is 16.2. The van der Waals surface area contributed by atoms with Gasteiger partial charge in [0.05, 0.1) is 5.41 Å². The van der Waals surface area contributed by atoms with E-state index in [2.05, 4.69) is 6.92 Å². The van der Waals surface area contributed by atoms with Crippen molar-refractivity contribution >= 4 is 16.7 Å². The van der Waals surface area contributed by atoms with Gasteiger partial charge >= 0.3 is 5.97 Å². The van der Waals surface area contributed by atoms with Crippen LogP contribution in [0.2, 0.25) is 0 Å². The Bertz CT molecular complexity index is 663. The number of fused-ring (bicyclic) bond motifs is 1. The summed E-state index contributed by atoms with van der Waals surface area (Å²) in [5, 5.41) is 11.6. The molecule has 0 amide bonds. The normalized spacial score (nSPS) is 13.8. The van der Waals surface area contributed by atoms with E-state index in [4.69, 9.17) is 4.74 Å². The van der Waals surface area contributed by atoms with Crippen LogP contribution in [-0.2, 0) is 16.1 Å². The van der Waals surface area contributed by atoms with Gasteiger partial charge in [0.15, 0.2) is 0 Å². The van der Waals surface area contributed by atoms with Gasteiger partial charge in [0.1, 0.15) is 12.4 Å². The zero-order valence-corrected chi connectivity index (χ0v) is 13.6. The van der Waals surface area contributed by atoms with E-state index < -0.39 is 5.41 Å². The number of esters is 1. The van der Waals surface area contributed by atoms with Crippen molar-refractivity contribution in [1.29, 1.82) is 0 Å². The Kier molecular flexibility index (Phi) is 5.07. The van der Waals surface area contributed by atoms with Crippen molar-refractivity contribution in [3.63, 3.8) is 0 Å². The van der Waals surface area contributed by atoms with Crippen LogP contribution >= 0.6 is 0 Å². The fraction of sp³-hybridized carbons (Fsp3) is 0.421. The lowest BCUT2D eigenvalue weighted by Gasteiger charge is -2.25. The number of hydrogen-bond donors (Lipinski definition) is 1. The average Bonchev–Trinajstić information content (AvgIpc) is 2.54. The molecule has 0 radical (unpaired) electrons. The van der Waals surface area contributed by atoms with E-state index in [1.807, 2.05) is 44.2 Å². The van der Waals surface area contributed by atoms with Crippen molar-refractivity contribution in [2.75, 3.05) is 0 Å². The molecular formula is C19H24O3. The highest BCUT2D eigenvalue weighted by atomic mass is 16.5. The van der Waals surface area contributed by atoms with Gasteiger partial charge in [-0.15, -0.1) is 0 Å². The van der Waals surface area contributed by atoms with Crippen LogP contribution in [0.5, 0.6) is 5.75 Å². The lowest BCUT2D eigenvalue weighted by Crippen LogP contribution is -2.29. The van der Waals surface area contributed by atoms with Gasteiger partial charge in [-0.25, -0.2) is 0 Å². The molecule has 0 spiro atoms. The molecule has 0 aliphatic rings. The van der Waals surface area contributed by atoms with E-state index in [0.29, 0.717) is 0 Å². The van der Waals surface area contributed by atoms with Crippen molar-refractivity contribution < 1.29 is 14.6 Å².